The highest BCUT2D eigenvalue weighted by atomic mass is 16.3. The lowest BCUT2D eigenvalue weighted by Gasteiger charge is -2.18. The zero-order chi connectivity index (χ0) is 9.30. The number of hydrogen-bond donors (Lipinski definition) is 1. The molecule has 4 unspecified atom stereocenters. The average molecular weight is 168 g/mol. The molecule has 0 aromatic rings. The van der Waals surface area contributed by atoms with Crippen LogP contribution in [0.5, 0.6) is 0 Å². The Balaban J connectivity index is 2.66. The standard InChI is InChI=1S/C11H20O/c1-7(2)11-5-10(6-12)8(3)9(11)4/h8-12H,1,5-6H2,2-4H3. The van der Waals surface area contributed by atoms with Gasteiger partial charge >= 0.3 is 0 Å². The van der Waals surface area contributed by atoms with Gasteiger partial charge in [0.2, 0.25) is 0 Å². The fourth-order valence-corrected chi connectivity index (χ4v) is 2.44. The summed E-state index contributed by atoms with van der Waals surface area (Å²) >= 11 is 0. The van der Waals surface area contributed by atoms with Gasteiger partial charge in [0.05, 0.1) is 0 Å². The summed E-state index contributed by atoms with van der Waals surface area (Å²) < 4.78 is 0. The van der Waals surface area contributed by atoms with Crippen molar-refractivity contribution in [2.45, 2.75) is 27.2 Å². The lowest BCUT2D eigenvalue weighted by molar-refractivity contribution is 0.191. The fourth-order valence-electron chi connectivity index (χ4n) is 2.44. The first kappa shape index (κ1) is 9.79. The van der Waals surface area contributed by atoms with Crippen molar-refractivity contribution in [3.05, 3.63) is 12.2 Å². The van der Waals surface area contributed by atoms with E-state index in [9.17, 15) is 0 Å². The molecule has 0 aromatic carbocycles. The van der Waals surface area contributed by atoms with Crippen LogP contribution in [0.15, 0.2) is 12.2 Å². The summed E-state index contributed by atoms with van der Waals surface area (Å²) in [5.41, 5.74) is 1.28. The highest BCUT2D eigenvalue weighted by Gasteiger charge is 2.37. The first-order valence-electron chi connectivity index (χ1n) is 4.84. The van der Waals surface area contributed by atoms with Crippen LogP contribution in [0, 0.1) is 23.7 Å². The quantitative estimate of drug-likeness (QED) is 0.628. The molecule has 1 N–H and O–H groups in total. The third-order valence-electron chi connectivity index (χ3n) is 3.63. The Hall–Kier alpha value is -0.300. The van der Waals surface area contributed by atoms with Crippen LogP contribution in [0.2, 0.25) is 0 Å². The van der Waals surface area contributed by atoms with Crippen LogP contribution >= 0.6 is 0 Å². The Morgan fingerprint density at radius 2 is 2.00 bits per heavy atom. The molecule has 1 saturated carbocycles. The normalized spacial score (nSPS) is 41.7. The molecule has 1 heteroatoms. The number of hydrogen-bond acceptors (Lipinski definition) is 1. The van der Waals surface area contributed by atoms with Gasteiger partial charge < -0.3 is 5.11 Å². The van der Waals surface area contributed by atoms with Crippen molar-refractivity contribution in [2.24, 2.45) is 23.7 Å². The molecule has 1 aliphatic rings. The maximum atomic E-state index is 9.12. The predicted octanol–water partition coefficient (Wildman–Crippen LogP) is 2.46. The van der Waals surface area contributed by atoms with Crippen LogP contribution in [0.3, 0.4) is 0 Å². The highest BCUT2D eigenvalue weighted by Crippen LogP contribution is 2.43. The van der Waals surface area contributed by atoms with E-state index < -0.39 is 0 Å². The number of aliphatic hydroxyl groups is 1. The minimum atomic E-state index is 0.343. The zero-order valence-electron chi connectivity index (χ0n) is 8.38. The molecule has 1 aliphatic carbocycles. The van der Waals surface area contributed by atoms with Gasteiger partial charge in [0.25, 0.3) is 0 Å². The Bertz CT molecular complexity index is 174. The Morgan fingerprint density at radius 1 is 1.42 bits per heavy atom. The van der Waals surface area contributed by atoms with Gasteiger partial charge in [-0.1, -0.05) is 26.0 Å². The molecule has 0 aromatic heterocycles. The summed E-state index contributed by atoms with van der Waals surface area (Å²) in [5.74, 6) is 2.48. The maximum absolute atomic E-state index is 9.12. The molecule has 70 valence electrons. The molecule has 0 amide bonds. The number of aliphatic hydroxyl groups excluding tert-OH is 1. The lowest BCUT2D eigenvalue weighted by atomic mass is 9.88. The summed E-state index contributed by atoms with van der Waals surface area (Å²) in [6.07, 6.45) is 1.13. The second-order valence-electron chi connectivity index (χ2n) is 4.35. The SMILES string of the molecule is C=C(C)C1CC(CO)C(C)C1C. The van der Waals surface area contributed by atoms with Crippen molar-refractivity contribution in [3.8, 4) is 0 Å². The van der Waals surface area contributed by atoms with E-state index in [1.807, 2.05) is 0 Å². The molecule has 0 spiro atoms. The molecule has 1 nitrogen and oxygen atoms in total. The Labute approximate surface area is 75.5 Å². The molecule has 0 heterocycles. The van der Waals surface area contributed by atoms with Crippen LogP contribution in [0.4, 0.5) is 0 Å². The Kier molecular flexibility index (Phi) is 2.94. The largest absolute Gasteiger partial charge is 0.396 e. The fraction of sp³-hybridized carbons (Fsp3) is 0.818. The molecule has 12 heavy (non-hydrogen) atoms. The molecule has 4 atom stereocenters. The van der Waals surface area contributed by atoms with Gasteiger partial charge in [-0.3, -0.25) is 0 Å². The van der Waals surface area contributed by atoms with Crippen molar-refractivity contribution in [2.75, 3.05) is 6.61 Å². The van der Waals surface area contributed by atoms with Crippen LogP contribution in [0.25, 0.3) is 0 Å². The van der Waals surface area contributed by atoms with Gasteiger partial charge in [0, 0.05) is 6.61 Å². The maximum Gasteiger partial charge on any atom is 0.0462 e. The second kappa shape index (κ2) is 3.61. The summed E-state index contributed by atoms with van der Waals surface area (Å²) in [4.78, 5) is 0. The van der Waals surface area contributed by atoms with E-state index >= 15 is 0 Å². The van der Waals surface area contributed by atoms with Crippen molar-refractivity contribution in [3.63, 3.8) is 0 Å². The van der Waals surface area contributed by atoms with Crippen LogP contribution in [-0.2, 0) is 0 Å². The van der Waals surface area contributed by atoms with E-state index in [0.29, 0.717) is 30.3 Å². The van der Waals surface area contributed by atoms with Crippen LogP contribution in [0.1, 0.15) is 27.2 Å². The van der Waals surface area contributed by atoms with E-state index in [2.05, 4.69) is 27.4 Å². The third kappa shape index (κ3) is 1.56. The highest BCUT2D eigenvalue weighted by molar-refractivity contribution is 5.04. The molecular weight excluding hydrogens is 148 g/mol. The van der Waals surface area contributed by atoms with Gasteiger partial charge in [-0.25, -0.2) is 0 Å². The van der Waals surface area contributed by atoms with Gasteiger partial charge in [-0.05, 0) is 37.0 Å². The van der Waals surface area contributed by atoms with Crippen molar-refractivity contribution in [1.82, 2.24) is 0 Å². The molecule has 0 aliphatic heterocycles. The van der Waals surface area contributed by atoms with Crippen LogP contribution < -0.4 is 0 Å². The van der Waals surface area contributed by atoms with E-state index in [4.69, 9.17) is 5.11 Å². The van der Waals surface area contributed by atoms with Crippen molar-refractivity contribution in [1.29, 1.82) is 0 Å². The molecule has 0 bridgehead atoms. The number of rotatable bonds is 2. The summed E-state index contributed by atoms with van der Waals surface area (Å²) in [6.45, 7) is 11.0. The predicted molar refractivity (Wildman–Crippen MR) is 51.8 cm³/mol. The van der Waals surface area contributed by atoms with Crippen LogP contribution in [-0.4, -0.2) is 11.7 Å². The topological polar surface area (TPSA) is 20.2 Å². The van der Waals surface area contributed by atoms with E-state index in [1.54, 1.807) is 0 Å². The number of allylic oxidation sites excluding steroid dienone is 1. The van der Waals surface area contributed by atoms with Crippen molar-refractivity contribution >= 4 is 0 Å². The smallest absolute Gasteiger partial charge is 0.0462 e. The second-order valence-corrected chi connectivity index (χ2v) is 4.35. The van der Waals surface area contributed by atoms with E-state index in [0.717, 1.165) is 6.42 Å². The first-order valence-corrected chi connectivity index (χ1v) is 4.84. The molecule has 0 radical (unpaired) electrons. The van der Waals surface area contributed by atoms with Crippen molar-refractivity contribution < 1.29 is 5.11 Å². The van der Waals surface area contributed by atoms with Gasteiger partial charge in [0.1, 0.15) is 0 Å². The van der Waals surface area contributed by atoms with Gasteiger partial charge in [-0.15, -0.1) is 0 Å². The van der Waals surface area contributed by atoms with Gasteiger partial charge in [-0.2, -0.15) is 0 Å². The summed E-state index contributed by atoms with van der Waals surface area (Å²) in [6, 6.07) is 0. The Morgan fingerprint density at radius 3 is 2.25 bits per heavy atom. The van der Waals surface area contributed by atoms with Gasteiger partial charge in [0.15, 0.2) is 0 Å². The zero-order valence-corrected chi connectivity index (χ0v) is 8.38. The average Bonchev–Trinajstić information content (AvgIpc) is 2.30. The lowest BCUT2D eigenvalue weighted by Crippen LogP contribution is -2.13. The summed E-state index contributed by atoms with van der Waals surface area (Å²) in [7, 11) is 0. The minimum Gasteiger partial charge on any atom is -0.396 e. The minimum absolute atomic E-state index is 0.343. The monoisotopic (exact) mass is 168 g/mol. The summed E-state index contributed by atoms with van der Waals surface area (Å²) in [5, 5.41) is 9.12. The van der Waals surface area contributed by atoms with E-state index in [1.165, 1.54) is 5.57 Å². The third-order valence-corrected chi connectivity index (χ3v) is 3.63. The molecular formula is C11H20O. The molecule has 1 rings (SSSR count). The van der Waals surface area contributed by atoms with E-state index in [-0.39, 0.29) is 0 Å². The molecule has 0 saturated heterocycles. The first-order chi connectivity index (χ1) is 5.57. The molecule has 1 fully saturated rings.